The highest BCUT2D eigenvalue weighted by Crippen LogP contribution is 2.19. The van der Waals surface area contributed by atoms with Crippen molar-refractivity contribution >= 4 is 5.82 Å². The molecule has 1 aromatic carbocycles. The first kappa shape index (κ1) is 12.4. The predicted octanol–water partition coefficient (Wildman–Crippen LogP) is 2.13. The van der Waals surface area contributed by atoms with Gasteiger partial charge in [0.05, 0.1) is 5.69 Å². The first-order chi connectivity index (χ1) is 9.78. The lowest BCUT2D eigenvalue weighted by Crippen LogP contribution is -2.06. The summed E-state index contributed by atoms with van der Waals surface area (Å²) in [5.41, 5.74) is 8.50. The van der Waals surface area contributed by atoms with E-state index in [1.807, 2.05) is 43.3 Å². The van der Waals surface area contributed by atoms with Crippen LogP contribution in [0.5, 0.6) is 0 Å². The Kier molecular flexibility index (Phi) is 3.20. The summed E-state index contributed by atoms with van der Waals surface area (Å²) in [7, 11) is 0. The molecule has 3 rings (SSSR count). The molecule has 2 heterocycles. The maximum absolute atomic E-state index is 5.76. The molecule has 0 spiro atoms. The van der Waals surface area contributed by atoms with Gasteiger partial charge in [-0.15, -0.1) is 5.10 Å². The van der Waals surface area contributed by atoms with Crippen molar-refractivity contribution < 1.29 is 4.52 Å². The van der Waals surface area contributed by atoms with Gasteiger partial charge < -0.3 is 10.3 Å². The second-order valence-corrected chi connectivity index (χ2v) is 4.48. The molecule has 0 fully saturated rings. The summed E-state index contributed by atoms with van der Waals surface area (Å²) >= 11 is 0. The van der Waals surface area contributed by atoms with Crippen LogP contribution in [0.15, 0.2) is 40.9 Å². The van der Waals surface area contributed by atoms with Crippen LogP contribution < -0.4 is 5.73 Å². The molecule has 0 radical (unpaired) electrons. The van der Waals surface area contributed by atoms with Crippen molar-refractivity contribution in [1.82, 2.24) is 20.2 Å². The smallest absolute Gasteiger partial charge is 0.169 e. The van der Waals surface area contributed by atoms with Gasteiger partial charge in [-0.05, 0) is 6.42 Å². The molecule has 3 aromatic rings. The molecule has 0 bridgehead atoms. The number of hydrogen-bond donors (Lipinski definition) is 1. The average Bonchev–Trinajstić information content (AvgIpc) is 3.08. The van der Waals surface area contributed by atoms with Crippen LogP contribution in [0.2, 0.25) is 0 Å². The Morgan fingerprint density at radius 3 is 2.80 bits per heavy atom. The highest BCUT2D eigenvalue weighted by atomic mass is 16.5. The maximum Gasteiger partial charge on any atom is 0.169 e. The van der Waals surface area contributed by atoms with E-state index >= 15 is 0 Å². The largest absolute Gasteiger partial charge is 0.381 e. The molecule has 0 saturated heterocycles. The summed E-state index contributed by atoms with van der Waals surface area (Å²) < 4.78 is 7.09. The lowest BCUT2D eigenvalue weighted by atomic mass is 10.1. The van der Waals surface area contributed by atoms with Crippen LogP contribution in [0.3, 0.4) is 0 Å². The predicted molar refractivity (Wildman–Crippen MR) is 74.9 cm³/mol. The molecule has 6 nitrogen and oxygen atoms in total. The minimum atomic E-state index is 0.468. The SMILES string of the molecule is CCc1c(N)nnn1Cc1cc(-c2ccccc2)no1. The van der Waals surface area contributed by atoms with E-state index in [0.717, 1.165) is 29.1 Å². The second kappa shape index (κ2) is 5.16. The molecule has 0 atom stereocenters. The third-order valence-electron chi connectivity index (χ3n) is 3.14. The number of hydrogen-bond acceptors (Lipinski definition) is 5. The van der Waals surface area contributed by atoms with Gasteiger partial charge in [0.25, 0.3) is 0 Å². The Balaban J connectivity index is 1.84. The van der Waals surface area contributed by atoms with E-state index in [9.17, 15) is 0 Å². The van der Waals surface area contributed by atoms with E-state index in [4.69, 9.17) is 10.3 Å². The molecule has 6 heteroatoms. The fourth-order valence-corrected chi connectivity index (χ4v) is 2.12. The van der Waals surface area contributed by atoms with Crippen LogP contribution in [0, 0.1) is 0 Å². The Bertz CT molecular complexity index is 701. The molecular weight excluding hydrogens is 254 g/mol. The van der Waals surface area contributed by atoms with E-state index in [1.165, 1.54) is 0 Å². The van der Waals surface area contributed by atoms with Gasteiger partial charge in [0, 0.05) is 11.6 Å². The molecule has 0 aliphatic carbocycles. The molecule has 0 unspecified atom stereocenters. The third-order valence-corrected chi connectivity index (χ3v) is 3.14. The summed E-state index contributed by atoms with van der Waals surface area (Å²) in [5, 5.41) is 12.0. The van der Waals surface area contributed by atoms with Crippen molar-refractivity contribution in [3.05, 3.63) is 47.9 Å². The summed E-state index contributed by atoms with van der Waals surface area (Å²) in [6.07, 6.45) is 0.776. The zero-order valence-corrected chi connectivity index (χ0v) is 11.2. The quantitative estimate of drug-likeness (QED) is 0.784. The van der Waals surface area contributed by atoms with Gasteiger partial charge >= 0.3 is 0 Å². The molecule has 0 aliphatic heterocycles. The van der Waals surface area contributed by atoms with Gasteiger partial charge in [-0.1, -0.05) is 47.6 Å². The van der Waals surface area contributed by atoms with Gasteiger partial charge in [0.15, 0.2) is 11.6 Å². The van der Waals surface area contributed by atoms with Crippen molar-refractivity contribution in [3.8, 4) is 11.3 Å². The van der Waals surface area contributed by atoms with Crippen molar-refractivity contribution in [2.24, 2.45) is 0 Å². The Morgan fingerprint density at radius 2 is 2.05 bits per heavy atom. The lowest BCUT2D eigenvalue weighted by molar-refractivity contribution is 0.370. The number of nitrogen functional groups attached to an aromatic ring is 1. The first-order valence-corrected chi connectivity index (χ1v) is 6.46. The second-order valence-electron chi connectivity index (χ2n) is 4.48. The Hall–Kier alpha value is -2.63. The van der Waals surface area contributed by atoms with Gasteiger partial charge in [-0.2, -0.15) is 0 Å². The van der Waals surface area contributed by atoms with Gasteiger partial charge in [0.1, 0.15) is 12.2 Å². The standard InChI is InChI=1S/C14H15N5O/c1-2-13-14(15)16-18-19(13)9-11-8-12(17-20-11)10-6-4-3-5-7-10/h3-8H,2,9,15H2,1H3. The van der Waals surface area contributed by atoms with Crippen LogP contribution in [-0.2, 0) is 13.0 Å². The van der Waals surface area contributed by atoms with Gasteiger partial charge in [-0.3, -0.25) is 0 Å². The molecule has 2 aromatic heterocycles. The van der Waals surface area contributed by atoms with Crippen molar-refractivity contribution in [2.45, 2.75) is 19.9 Å². The zero-order chi connectivity index (χ0) is 13.9. The molecule has 0 saturated carbocycles. The molecular formula is C14H15N5O. The van der Waals surface area contributed by atoms with Crippen LogP contribution >= 0.6 is 0 Å². The Morgan fingerprint density at radius 1 is 1.25 bits per heavy atom. The summed E-state index contributed by atoms with van der Waals surface area (Å²) in [6.45, 7) is 2.49. The van der Waals surface area contributed by atoms with E-state index < -0.39 is 0 Å². The maximum atomic E-state index is 5.76. The van der Waals surface area contributed by atoms with Crippen molar-refractivity contribution in [3.63, 3.8) is 0 Å². The van der Waals surface area contributed by atoms with Crippen LogP contribution in [-0.4, -0.2) is 20.2 Å². The zero-order valence-electron chi connectivity index (χ0n) is 11.2. The summed E-state index contributed by atoms with van der Waals surface area (Å²) in [4.78, 5) is 0. The van der Waals surface area contributed by atoms with Crippen molar-refractivity contribution in [1.29, 1.82) is 0 Å². The summed E-state index contributed by atoms with van der Waals surface area (Å²) in [5.74, 6) is 1.19. The normalized spacial score (nSPS) is 10.8. The molecule has 2 N–H and O–H groups in total. The lowest BCUT2D eigenvalue weighted by Gasteiger charge is -2.01. The molecule has 102 valence electrons. The van der Waals surface area contributed by atoms with Gasteiger partial charge in [-0.25, -0.2) is 4.68 Å². The number of benzene rings is 1. The Labute approximate surface area is 116 Å². The van der Waals surface area contributed by atoms with E-state index in [1.54, 1.807) is 4.68 Å². The number of nitrogens with two attached hydrogens (primary N) is 1. The average molecular weight is 269 g/mol. The fraction of sp³-hybridized carbons (Fsp3) is 0.214. The topological polar surface area (TPSA) is 82.8 Å². The van der Waals surface area contributed by atoms with Crippen LogP contribution in [0.25, 0.3) is 11.3 Å². The van der Waals surface area contributed by atoms with Crippen LogP contribution in [0.4, 0.5) is 5.82 Å². The van der Waals surface area contributed by atoms with Crippen LogP contribution in [0.1, 0.15) is 18.4 Å². The molecule has 0 aliphatic rings. The number of anilines is 1. The third kappa shape index (κ3) is 2.27. The van der Waals surface area contributed by atoms with E-state index in [2.05, 4.69) is 15.5 Å². The minimum absolute atomic E-state index is 0.468. The first-order valence-electron chi connectivity index (χ1n) is 6.46. The highest BCUT2D eigenvalue weighted by molar-refractivity contribution is 5.58. The molecule has 0 amide bonds. The highest BCUT2D eigenvalue weighted by Gasteiger charge is 2.12. The summed E-state index contributed by atoms with van der Waals surface area (Å²) in [6, 6.07) is 11.8. The fourth-order valence-electron chi connectivity index (χ4n) is 2.12. The minimum Gasteiger partial charge on any atom is -0.381 e. The number of rotatable bonds is 4. The number of aromatic nitrogens is 4. The number of nitrogens with zero attached hydrogens (tertiary/aromatic N) is 4. The van der Waals surface area contributed by atoms with E-state index in [0.29, 0.717) is 12.4 Å². The molecule has 20 heavy (non-hydrogen) atoms. The van der Waals surface area contributed by atoms with Gasteiger partial charge in [0.2, 0.25) is 0 Å². The van der Waals surface area contributed by atoms with Crippen molar-refractivity contribution in [2.75, 3.05) is 5.73 Å². The van der Waals surface area contributed by atoms with E-state index in [-0.39, 0.29) is 0 Å². The monoisotopic (exact) mass is 269 g/mol.